The number of nitrogens with zero attached hydrogens (tertiary/aromatic N) is 5. The molecule has 2 aromatic heterocycles. The summed E-state index contributed by atoms with van der Waals surface area (Å²) in [5.41, 5.74) is 2.37. The maximum Gasteiger partial charge on any atom is 0.245 e. The van der Waals surface area contributed by atoms with Crippen LogP contribution in [0.25, 0.3) is 5.52 Å². The fourth-order valence-corrected chi connectivity index (χ4v) is 5.77. The molecule has 0 saturated carbocycles. The van der Waals surface area contributed by atoms with Crippen molar-refractivity contribution in [1.29, 1.82) is 0 Å². The van der Waals surface area contributed by atoms with Crippen LogP contribution in [0.2, 0.25) is 0 Å². The third-order valence-electron chi connectivity index (χ3n) is 7.47. The first kappa shape index (κ1) is 19.7. The molecule has 1 amide bonds. The molecule has 3 aromatic rings. The predicted octanol–water partition coefficient (Wildman–Crippen LogP) is 3.71. The number of aryl methyl sites for hydroxylation is 1. The Hall–Kier alpha value is -3.00. The Bertz CT molecular complexity index is 1200. The van der Waals surface area contributed by atoms with E-state index in [1.807, 2.05) is 16.8 Å². The number of hydrogen-bond donors (Lipinski definition) is 0. The van der Waals surface area contributed by atoms with Crippen molar-refractivity contribution in [2.45, 2.75) is 32.2 Å². The Balaban J connectivity index is 1.24. The fraction of sp³-hybridized carbons (Fsp3) is 0.417. The van der Waals surface area contributed by atoms with Crippen molar-refractivity contribution in [2.75, 3.05) is 31.1 Å². The molecule has 3 saturated heterocycles. The predicted molar refractivity (Wildman–Crippen MR) is 116 cm³/mol. The molecule has 0 unspecified atom stereocenters. The van der Waals surface area contributed by atoms with Gasteiger partial charge >= 0.3 is 0 Å². The molecule has 166 valence electrons. The molecule has 32 heavy (non-hydrogen) atoms. The van der Waals surface area contributed by atoms with Crippen LogP contribution < -0.4 is 4.90 Å². The average Bonchev–Trinajstić information content (AvgIpc) is 3.46. The quantitative estimate of drug-likeness (QED) is 0.613. The lowest BCUT2D eigenvalue weighted by molar-refractivity contribution is -0.143. The Kier molecular flexibility index (Phi) is 4.30. The van der Waals surface area contributed by atoms with Crippen molar-refractivity contribution in [3.05, 3.63) is 65.4 Å². The minimum atomic E-state index is -0.601. The number of aromatic nitrogens is 2. The van der Waals surface area contributed by atoms with Crippen molar-refractivity contribution in [1.82, 2.24) is 19.6 Å². The van der Waals surface area contributed by atoms with E-state index in [2.05, 4.69) is 34.1 Å². The van der Waals surface area contributed by atoms with Gasteiger partial charge in [-0.05, 0) is 61.6 Å². The summed E-state index contributed by atoms with van der Waals surface area (Å²) < 4.78 is 29.6. The number of pyridine rings is 1. The van der Waals surface area contributed by atoms with Crippen LogP contribution in [0.1, 0.15) is 36.4 Å². The van der Waals surface area contributed by atoms with Crippen LogP contribution in [0.4, 0.5) is 14.6 Å². The van der Waals surface area contributed by atoms with Gasteiger partial charge in [0.05, 0.1) is 23.2 Å². The molecule has 0 radical (unpaired) electrons. The lowest BCUT2D eigenvalue weighted by Crippen LogP contribution is -2.46. The van der Waals surface area contributed by atoms with Gasteiger partial charge in [0.25, 0.3) is 0 Å². The molecule has 3 fully saturated rings. The van der Waals surface area contributed by atoms with Crippen LogP contribution in [-0.4, -0.2) is 51.7 Å². The number of halogens is 2. The van der Waals surface area contributed by atoms with Crippen molar-refractivity contribution >= 4 is 17.2 Å². The highest BCUT2D eigenvalue weighted by Crippen LogP contribution is 2.47. The van der Waals surface area contributed by atoms with Crippen LogP contribution in [0.5, 0.6) is 0 Å². The van der Waals surface area contributed by atoms with Gasteiger partial charge < -0.3 is 4.90 Å². The fourth-order valence-electron chi connectivity index (χ4n) is 5.77. The molecule has 0 bridgehead atoms. The topological polar surface area (TPSA) is 44.1 Å². The van der Waals surface area contributed by atoms with Crippen LogP contribution in [0.3, 0.4) is 0 Å². The molecule has 1 atom stereocenters. The third-order valence-corrected chi connectivity index (χ3v) is 7.47. The number of piperidine rings is 1. The van der Waals surface area contributed by atoms with Gasteiger partial charge in [0, 0.05) is 32.2 Å². The van der Waals surface area contributed by atoms with E-state index < -0.39 is 17.0 Å². The van der Waals surface area contributed by atoms with E-state index in [0.29, 0.717) is 18.5 Å². The molecule has 0 N–H and O–H groups in total. The second-order valence-corrected chi connectivity index (χ2v) is 9.32. The molecule has 1 aromatic carbocycles. The van der Waals surface area contributed by atoms with Gasteiger partial charge in [-0.25, -0.2) is 18.3 Å². The number of rotatable bonds is 2. The summed E-state index contributed by atoms with van der Waals surface area (Å²) in [7, 11) is 0. The Labute approximate surface area is 185 Å². The van der Waals surface area contributed by atoms with Gasteiger partial charge in [-0.15, -0.1) is 0 Å². The van der Waals surface area contributed by atoms with E-state index >= 15 is 0 Å². The number of hydrogen-bond acceptors (Lipinski definition) is 4. The summed E-state index contributed by atoms with van der Waals surface area (Å²) in [6.07, 6.45) is 4.01. The lowest BCUT2D eigenvalue weighted by atomic mass is 9.77. The van der Waals surface area contributed by atoms with Crippen LogP contribution in [-0.2, 0) is 4.79 Å². The molecule has 3 aliphatic heterocycles. The highest BCUT2D eigenvalue weighted by atomic mass is 19.1. The molecular weight excluding hydrogens is 412 g/mol. The average molecular weight is 437 g/mol. The van der Waals surface area contributed by atoms with Gasteiger partial charge in [0.2, 0.25) is 5.91 Å². The minimum Gasteiger partial charge on any atom is -0.356 e. The van der Waals surface area contributed by atoms with Crippen LogP contribution >= 0.6 is 0 Å². The van der Waals surface area contributed by atoms with Gasteiger partial charge in [0.15, 0.2) is 0 Å². The normalized spacial score (nSPS) is 23.0. The zero-order chi connectivity index (χ0) is 22.0. The molecule has 6 nitrogen and oxygen atoms in total. The van der Waals surface area contributed by atoms with Crippen molar-refractivity contribution < 1.29 is 13.6 Å². The number of amides is 1. The highest BCUT2D eigenvalue weighted by molar-refractivity contribution is 5.85. The first-order valence-corrected chi connectivity index (χ1v) is 11.2. The maximum atomic E-state index is 13.8. The van der Waals surface area contributed by atoms with E-state index in [-0.39, 0.29) is 11.9 Å². The highest BCUT2D eigenvalue weighted by Gasteiger charge is 2.56. The second-order valence-electron chi connectivity index (χ2n) is 9.32. The van der Waals surface area contributed by atoms with Gasteiger partial charge in [0.1, 0.15) is 17.5 Å². The second kappa shape index (κ2) is 7.00. The maximum absolute atomic E-state index is 13.8. The summed E-state index contributed by atoms with van der Waals surface area (Å²) in [5, 5.41) is 8.36. The Morgan fingerprint density at radius 2 is 1.78 bits per heavy atom. The summed E-state index contributed by atoms with van der Waals surface area (Å²) >= 11 is 0. The third kappa shape index (κ3) is 2.85. The van der Waals surface area contributed by atoms with Crippen molar-refractivity contribution in [3.63, 3.8) is 0 Å². The zero-order valence-corrected chi connectivity index (χ0v) is 18.0. The van der Waals surface area contributed by atoms with Crippen LogP contribution in [0, 0.1) is 24.0 Å². The lowest BCUT2D eigenvalue weighted by Gasteiger charge is -2.39. The number of carbonyl (C=O) groups excluding carboxylic acids is 1. The number of fused-ring (bicyclic) bond motifs is 2. The molecular formula is C24H25F2N5O. The SMILES string of the molecule is Cc1ccc(N2CCC3(CC2)CN2CC[C@@H](c4cc(F)cc(F)c4)N2C3=O)n2nccc12. The molecule has 6 rings (SSSR count). The number of anilines is 1. The van der Waals surface area contributed by atoms with E-state index in [1.54, 1.807) is 5.01 Å². The first-order valence-electron chi connectivity index (χ1n) is 11.2. The number of carbonyl (C=O) groups is 1. The van der Waals surface area contributed by atoms with E-state index in [9.17, 15) is 13.6 Å². The van der Waals surface area contributed by atoms with E-state index in [1.165, 1.54) is 17.7 Å². The summed E-state index contributed by atoms with van der Waals surface area (Å²) in [5.74, 6) is -0.0606. The Morgan fingerprint density at radius 1 is 1.03 bits per heavy atom. The summed E-state index contributed by atoms with van der Waals surface area (Å²) in [4.78, 5) is 15.9. The number of hydrazine groups is 1. The standard InChI is InChI=1S/C24H25F2N5O/c1-16-2-3-22(30-20(16)4-8-27-30)28-10-6-24(7-11-28)15-29-9-5-21(31(29)23(24)32)17-12-18(25)14-19(26)13-17/h2-4,8,12-14,21H,5-7,9-11,15H2,1H3/t21-/m0/s1. The van der Waals surface area contributed by atoms with Crippen molar-refractivity contribution in [2.24, 2.45) is 5.41 Å². The van der Waals surface area contributed by atoms with Gasteiger partial charge in [-0.2, -0.15) is 5.10 Å². The summed E-state index contributed by atoms with van der Waals surface area (Å²) in [6, 6.07) is 9.51. The molecule has 0 aliphatic carbocycles. The van der Waals surface area contributed by atoms with Crippen LogP contribution in [0.15, 0.2) is 42.6 Å². The van der Waals surface area contributed by atoms with Crippen molar-refractivity contribution in [3.8, 4) is 0 Å². The van der Waals surface area contributed by atoms with E-state index in [0.717, 1.165) is 49.9 Å². The summed E-state index contributed by atoms with van der Waals surface area (Å²) in [6.45, 7) is 5.02. The largest absolute Gasteiger partial charge is 0.356 e. The monoisotopic (exact) mass is 437 g/mol. The number of benzene rings is 1. The first-order chi connectivity index (χ1) is 15.4. The minimum absolute atomic E-state index is 0.0949. The van der Waals surface area contributed by atoms with E-state index in [4.69, 9.17) is 0 Å². The molecule has 3 aliphatic rings. The van der Waals surface area contributed by atoms with Gasteiger partial charge in [-0.1, -0.05) is 6.07 Å². The van der Waals surface area contributed by atoms with Gasteiger partial charge in [-0.3, -0.25) is 9.80 Å². The smallest absolute Gasteiger partial charge is 0.245 e. The Morgan fingerprint density at radius 3 is 2.53 bits per heavy atom. The zero-order valence-electron chi connectivity index (χ0n) is 18.0. The molecule has 1 spiro atoms. The molecule has 5 heterocycles. The molecule has 8 heteroatoms.